The van der Waals surface area contributed by atoms with Crippen LogP contribution in [-0.4, -0.2) is 130 Å². The Hall–Kier alpha value is -10.1. The smallest absolute Gasteiger partial charge is 0.353 e. The number of amides is 9. The zero-order valence-corrected chi connectivity index (χ0v) is 65.4. The van der Waals surface area contributed by atoms with E-state index in [9.17, 15) is 134 Å². The Labute approximate surface area is 668 Å². The van der Waals surface area contributed by atoms with Crippen molar-refractivity contribution in [2.45, 2.75) is 193 Å². The van der Waals surface area contributed by atoms with E-state index in [0.717, 1.165) is 26.8 Å². The van der Waals surface area contributed by atoms with Crippen molar-refractivity contribution in [2.75, 3.05) is 40.8 Å². The van der Waals surface area contributed by atoms with Gasteiger partial charge >= 0.3 is 61.3 Å². The molecule has 3 saturated heterocycles. The normalized spacial score (nSPS) is 18.5. The summed E-state index contributed by atoms with van der Waals surface area (Å²) < 4.78 is 320. The fourth-order valence-corrected chi connectivity index (χ4v) is 14.1. The van der Waals surface area contributed by atoms with Gasteiger partial charge in [0, 0.05) is 90.9 Å². The lowest BCUT2D eigenvalue weighted by Gasteiger charge is -2.42. The van der Waals surface area contributed by atoms with Crippen molar-refractivity contribution in [2.24, 2.45) is 11.8 Å². The number of aryl methyl sites for hydroxylation is 3. The summed E-state index contributed by atoms with van der Waals surface area (Å²) in [5.74, 6) is -5.74. The molecular weight excluding hydrogens is 1640 g/mol. The highest BCUT2D eigenvalue weighted by molar-refractivity contribution is 5.80. The SMILES string of the molecule is CCC(=O)N[C@@H]1CCN(C(=O)N(C)Cc2cc(C(F)(F)F)cc(C(F)(F)F)c2)[C@H](c2ccc(F)cc2C)C1.Cc1cc(F)ccc1[C@@H]1C[C@H](NC(=O)C(C)C)CCN1C(=O)N(C)Cc1cc(C(F)(F)F)cc(C(F)(F)F)c1.Cc1cc(F)ccc1[C@H]1C[C@@H](NC(=O)C(C)C(F)(F)F)CCN1C(=O)N(C)Cc1cc(C(F)(F)F)cc(C(F)(F)F)c1. The Morgan fingerprint density at radius 1 is 0.378 bits per heavy atom. The molecule has 7 atom stereocenters. The predicted octanol–water partition coefficient (Wildman–Crippen LogP) is 20.4. The predicted molar refractivity (Wildman–Crippen MR) is 386 cm³/mol. The van der Waals surface area contributed by atoms with E-state index in [2.05, 4.69) is 16.0 Å². The van der Waals surface area contributed by atoms with Gasteiger partial charge in [-0.25, -0.2) is 27.6 Å². The molecule has 3 aliphatic rings. The van der Waals surface area contributed by atoms with E-state index in [1.165, 1.54) is 85.2 Å². The number of nitrogens with zero attached hydrogens (tertiary/aromatic N) is 6. The molecule has 3 fully saturated rings. The van der Waals surface area contributed by atoms with E-state index >= 15 is 0 Å². The molecule has 1 unspecified atom stereocenters. The van der Waals surface area contributed by atoms with Crippen molar-refractivity contribution < 1.29 is 134 Å². The van der Waals surface area contributed by atoms with Crippen LogP contribution in [0.2, 0.25) is 0 Å². The first-order chi connectivity index (χ1) is 54.7. The van der Waals surface area contributed by atoms with Crippen LogP contribution in [0, 0.1) is 50.1 Å². The summed E-state index contributed by atoms with van der Waals surface area (Å²) in [4.78, 5) is 84.1. The summed E-state index contributed by atoms with van der Waals surface area (Å²) in [6, 6.07) is 9.64. The third-order valence-corrected chi connectivity index (χ3v) is 20.3. The maximum absolute atomic E-state index is 13.8. The number of benzene rings is 6. The molecule has 119 heavy (non-hydrogen) atoms. The number of hydrogen-bond acceptors (Lipinski definition) is 6. The summed E-state index contributed by atoms with van der Waals surface area (Å²) in [5.41, 5.74) is -6.89. The maximum atomic E-state index is 13.8. The fraction of sp³-hybridized carbons (Fsp3) is 0.475. The van der Waals surface area contributed by atoms with Crippen LogP contribution in [0.1, 0.15) is 174 Å². The minimum atomic E-state index is -5.08. The van der Waals surface area contributed by atoms with Crippen LogP contribution in [0.3, 0.4) is 0 Å². The minimum absolute atomic E-state index is 0.00835. The number of carbonyl (C=O) groups excluding carboxylic acids is 6. The fourth-order valence-electron chi connectivity index (χ4n) is 14.1. The first-order valence-corrected chi connectivity index (χ1v) is 36.9. The molecule has 39 heteroatoms. The lowest BCUT2D eigenvalue weighted by molar-refractivity contribution is -0.179. The summed E-state index contributed by atoms with van der Waals surface area (Å²) >= 11 is 0. The Bertz CT molecular complexity index is 4500. The summed E-state index contributed by atoms with van der Waals surface area (Å²) in [6.07, 6.45) is -33.4. The Kier molecular flexibility index (Phi) is 30.7. The van der Waals surface area contributed by atoms with Crippen molar-refractivity contribution >= 4 is 35.8 Å². The molecule has 0 radical (unpaired) electrons. The number of nitrogens with one attached hydrogen (secondary N) is 3. The first kappa shape index (κ1) is 96.0. The maximum Gasteiger partial charge on any atom is 0.416 e. The van der Waals surface area contributed by atoms with Gasteiger partial charge in [0.15, 0.2) is 0 Å². The number of urea groups is 3. The number of rotatable bonds is 15. The average molecular weight is 1720 g/mol. The molecule has 0 aromatic heterocycles. The second-order valence-corrected chi connectivity index (χ2v) is 29.8. The van der Waals surface area contributed by atoms with E-state index in [1.807, 2.05) is 0 Å². The zero-order chi connectivity index (χ0) is 89.5. The molecule has 0 spiro atoms. The van der Waals surface area contributed by atoms with Crippen LogP contribution < -0.4 is 16.0 Å². The Morgan fingerprint density at radius 3 is 0.840 bits per heavy atom. The lowest BCUT2D eigenvalue weighted by atomic mass is 9.89. The molecule has 3 heterocycles. The summed E-state index contributed by atoms with van der Waals surface area (Å²) in [5, 5.41) is 8.16. The molecule has 9 amide bonds. The second-order valence-electron chi connectivity index (χ2n) is 29.8. The second kappa shape index (κ2) is 38.1. The molecule has 9 rings (SSSR count). The van der Waals surface area contributed by atoms with Crippen LogP contribution in [0.25, 0.3) is 0 Å². The molecule has 6 aromatic rings. The third-order valence-electron chi connectivity index (χ3n) is 20.3. The number of piperidine rings is 3. The highest BCUT2D eigenvalue weighted by Gasteiger charge is 2.46. The standard InChI is InChI=1S/C27H27F10N3O2.C27H30F7N3O2.C26H28F7N3O2/c1-14-8-19(28)4-5-21(14)22-12-20(38-23(41)15(2)25(29,30)31)6-7-40(22)24(42)39(3)13-16-9-17(26(32,33)34)11-18(10-16)27(35,36)37;1-15(2)24(38)35-21-7-8-37(23(13-21)22-6-5-20(28)9-16(22)3)25(39)36(4)14-17-10-18(26(29,30)31)12-19(11-17)27(32,33)34;1-4-23(37)34-20-7-8-36(22(13-20)21-6-5-19(27)9-15(21)2)24(38)35(3)14-16-10-17(25(28,29)30)12-18(11-16)26(31,32)33/h4-5,8-11,15,20,22H,6-7,12-13H2,1-3H3,(H,38,41);5-6,9-12,15,21,23H,7-8,13-14H2,1-4H3,(H,35,38);5-6,9-12,20,22H,4,7-8,13-14H2,1-3H3,(H,34,37)/t15?,20-,22+;21-,23+;20-,22+/m011/s1. The number of likely N-dealkylation sites (tertiary alicyclic amines) is 3. The number of alkyl halides is 21. The molecule has 6 aromatic carbocycles. The molecule has 15 nitrogen and oxygen atoms in total. The quantitative estimate of drug-likeness (QED) is 0.0869. The van der Waals surface area contributed by atoms with Gasteiger partial charge in [-0.05, 0) is 207 Å². The molecule has 3 aliphatic heterocycles. The monoisotopic (exact) mass is 1720 g/mol. The van der Waals surface area contributed by atoms with Crippen LogP contribution in [0.15, 0.2) is 109 Å². The molecule has 654 valence electrons. The van der Waals surface area contributed by atoms with Gasteiger partial charge in [0.2, 0.25) is 17.7 Å². The zero-order valence-electron chi connectivity index (χ0n) is 65.4. The van der Waals surface area contributed by atoms with Crippen LogP contribution in [0.4, 0.5) is 120 Å². The van der Waals surface area contributed by atoms with Gasteiger partial charge in [0.05, 0.1) is 51.5 Å². The average Bonchev–Trinajstić information content (AvgIpc) is 0.798. The number of carbonyl (C=O) groups is 6. The van der Waals surface area contributed by atoms with Gasteiger partial charge in [-0.15, -0.1) is 0 Å². The molecule has 3 N–H and O–H groups in total. The minimum Gasteiger partial charge on any atom is -0.353 e. The third kappa shape index (κ3) is 25.9. The number of hydrogen-bond donors (Lipinski definition) is 3. The highest BCUT2D eigenvalue weighted by atomic mass is 19.4. The van der Waals surface area contributed by atoms with E-state index in [4.69, 9.17) is 0 Å². The summed E-state index contributed by atoms with van der Waals surface area (Å²) in [6.45, 7) is 9.27. The van der Waals surface area contributed by atoms with E-state index in [1.54, 1.807) is 34.6 Å². The van der Waals surface area contributed by atoms with E-state index in [-0.39, 0.29) is 98.0 Å². The van der Waals surface area contributed by atoms with Gasteiger partial charge < -0.3 is 45.3 Å². The molecular formula is C80H85F24N9O6. The Balaban J connectivity index is 0.000000247. The first-order valence-electron chi connectivity index (χ1n) is 36.9. The lowest BCUT2D eigenvalue weighted by Crippen LogP contribution is -2.52. The Morgan fingerprint density at radius 2 is 0.622 bits per heavy atom. The molecule has 0 saturated carbocycles. The van der Waals surface area contributed by atoms with E-state index in [0.29, 0.717) is 102 Å². The van der Waals surface area contributed by atoms with Gasteiger partial charge in [-0.2, -0.15) is 92.2 Å². The van der Waals surface area contributed by atoms with Crippen molar-refractivity contribution in [1.29, 1.82) is 0 Å². The van der Waals surface area contributed by atoms with Crippen molar-refractivity contribution in [3.8, 4) is 0 Å². The van der Waals surface area contributed by atoms with Crippen LogP contribution in [0.5, 0.6) is 0 Å². The summed E-state index contributed by atoms with van der Waals surface area (Å²) in [7, 11) is 3.75. The van der Waals surface area contributed by atoms with Gasteiger partial charge in [0.25, 0.3) is 0 Å². The largest absolute Gasteiger partial charge is 0.416 e. The van der Waals surface area contributed by atoms with Gasteiger partial charge in [0.1, 0.15) is 23.4 Å². The van der Waals surface area contributed by atoms with Gasteiger partial charge in [-0.1, -0.05) is 39.0 Å². The van der Waals surface area contributed by atoms with Gasteiger partial charge in [-0.3, -0.25) is 14.4 Å². The molecule has 0 aliphatic carbocycles. The highest BCUT2D eigenvalue weighted by Crippen LogP contribution is 2.44. The van der Waals surface area contributed by atoms with E-state index < -0.39 is 173 Å². The van der Waals surface area contributed by atoms with Crippen LogP contribution in [-0.2, 0) is 71.1 Å². The number of halogens is 24. The topological polar surface area (TPSA) is 158 Å². The van der Waals surface area contributed by atoms with Crippen molar-refractivity contribution in [1.82, 2.24) is 45.3 Å². The van der Waals surface area contributed by atoms with Crippen molar-refractivity contribution in [3.63, 3.8) is 0 Å². The van der Waals surface area contributed by atoms with Crippen LogP contribution >= 0.6 is 0 Å². The van der Waals surface area contributed by atoms with Crippen molar-refractivity contribution in [3.05, 3.63) is 210 Å². The molecule has 0 bridgehead atoms.